The predicted octanol–water partition coefficient (Wildman–Crippen LogP) is 9.41. The number of para-hydroxylation sites is 1. The van der Waals surface area contributed by atoms with Gasteiger partial charge in [0, 0.05) is 40.8 Å². The average Bonchev–Trinajstić information content (AvgIpc) is 3.30. The van der Waals surface area contributed by atoms with Crippen LogP contribution in [0.1, 0.15) is 23.7 Å². The predicted molar refractivity (Wildman–Crippen MR) is 165 cm³/mol. The van der Waals surface area contributed by atoms with Gasteiger partial charge < -0.3 is 4.57 Å². The fourth-order valence-corrected chi connectivity index (χ4v) is 5.34. The van der Waals surface area contributed by atoms with Crippen LogP contribution in [0.2, 0.25) is 0 Å². The molecule has 3 aromatic heterocycles. The molecule has 0 spiro atoms. The first kappa shape index (κ1) is 24.3. The molecular weight excluding hydrogens is 474 g/mol. The average molecular weight is 504 g/mol. The summed E-state index contributed by atoms with van der Waals surface area (Å²) in [5.74, 6) is 0. The lowest BCUT2D eigenvalue weighted by atomic mass is 9.94. The van der Waals surface area contributed by atoms with Gasteiger partial charge in [0.15, 0.2) is 0 Å². The van der Waals surface area contributed by atoms with E-state index >= 15 is 0 Å². The molecule has 0 fully saturated rings. The van der Waals surface area contributed by atoms with Crippen molar-refractivity contribution in [2.45, 2.75) is 13.8 Å². The highest BCUT2D eigenvalue weighted by molar-refractivity contribution is 5.95. The maximum atomic E-state index is 4.65. The maximum absolute atomic E-state index is 4.65. The summed E-state index contributed by atoms with van der Waals surface area (Å²) in [5, 5.41) is 1.20. The van der Waals surface area contributed by atoms with Crippen LogP contribution in [0.3, 0.4) is 0 Å². The second-order valence-electron chi connectivity index (χ2n) is 9.66. The van der Waals surface area contributed by atoms with Crippen molar-refractivity contribution in [3.63, 3.8) is 0 Å². The lowest BCUT2D eigenvalue weighted by molar-refractivity contribution is 1.10. The molecule has 6 aromatic rings. The summed E-state index contributed by atoms with van der Waals surface area (Å²) in [7, 11) is 0. The van der Waals surface area contributed by atoms with Crippen LogP contribution < -0.4 is 0 Å². The van der Waals surface area contributed by atoms with Crippen molar-refractivity contribution >= 4 is 23.1 Å². The second kappa shape index (κ2) is 10.4. The quantitative estimate of drug-likeness (QED) is 0.227. The van der Waals surface area contributed by atoms with Crippen LogP contribution in [-0.2, 0) is 0 Å². The Kier molecular flexibility index (Phi) is 6.48. The zero-order valence-corrected chi connectivity index (χ0v) is 22.2. The van der Waals surface area contributed by atoms with E-state index in [1.54, 1.807) is 0 Å². The molecule has 0 amide bonds. The number of benzene rings is 3. The minimum atomic E-state index is 0.949. The number of aryl methyl sites for hydroxylation is 1. The molecule has 3 heteroatoms. The SMILES string of the molecule is C=Cc1c(/C=C\C)n(-c2cc(C)cc(-c3cc(-c4ccncc4)cc(-c4ccccn4)c3)c2)c2ccccc12. The van der Waals surface area contributed by atoms with Crippen molar-refractivity contribution in [3.05, 3.63) is 139 Å². The van der Waals surface area contributed by atoms with Crippen molar-refractivity contribution in [1.29, 1.82) is 0 Å². The van der Waals surface area contributed by atoms with Gasteiger partial charge in [0.25, 0.3) is 0 Å². The fourth-order valence-electron chi connectivity index (χ4n) is 5.34. The highest BCUT2D eigenvalue weighted by atomic mass is 15.0. The van der Waals surface area contributed by atoms with E-state index in [0.29, 0.717) is 0 Å². The molecule has 6 rings (SSSR count). The van der Waals surface area contributed by atoms with Gasteiger partial charge >= 0.3 is 0 Å². The van der Waals surface area contributed by atoms with E-state index in [-0.39, 0.29) is 0 Å². The van der Waals surface area contributed by atoms with Gasteiger partial charge in [-0.15, -0.1) is 0 Å². The Labute approximate surface area is 229 Å². The lowest BCUT2D eigenvalue weighted by Crippen LogP contribution is -1.99. The Balaban J connectivity index is 1.60. The van der Waals surface area contributed by atoms with E-state index < -0.39 is 0 Å². The van der Waals surface area contributed by atoms with Gasteiger partial charge in [-0.3, -0.25) is 9.97 Å². The summed E-state index contributed by atoms with van der Waals surface area (Å²) in [6, 6.07) is 32.2. The summed E-state index contributed by atoms with van der Waals surface area (Å²) < 4.78 is 2.34. The molecule has 0 saturated heterocycles. The van der Waals surface area contributed by atoms with Gasteiger partial charge in [0.1, 0.15) is 0 Å². The highest BCUT2D eigenvalue weighted by Gasteiger charge is 2.16. The number of rotatable bonds is 6. The molecule has 0 aliphatic carbocycles. The van der Waals surface area contributed by atoms with E-state index in [1.807, 2.05) is 36.8 Å². The van der Waals surface area contributed by atoms with Gasteiger partial charge in [-0.2, -0.15) is 0 Å². The third kappa shape index (κ3) is 4.60. The summed E-state index contributed by atoms with van der Waals surface area (Å²) in [5.41, 5.74) is 12.3. The van der Waals surface area contributed by atoms with Crippen LogP contribution in [0.4, 0.5) is 0 Å². The molecule has 3 heterocycles. The number of hydrogen-bond acceptors (Lipinski definition) is 2. The monoisotopic (exact) mass is 503 g/mol. The molecule has 0 aliphatic rings. The number of allylic oxidation sites excluding steroid dienone is 1. The number of fused-ring (bicyclic) bond motifs is 1. The van der Waals surface area contributed by atoms with E-state index in [1.165, 1.54) is 10.9 Å². The van der Waals surface area contributed by atoms with Crippen molar-refractivity contribution < 1.29 is 0 Å². The lowest BCUT2D eigenvalue weighted by Gasteiger charge is -2.15. The van der Waals surface area contributed by atoms with Crippen LogP contribution in [0.25, 0.3) is 62.3 Å². The van der Waals surface area contributed by atoms with Crippen molar-refractivity contribution in [1.82, 2.24) is 14.5 Å². The standard InChI is InChI=1S/C36H29N3/c1-4-10-35-32(5-2)33-11-6-7-13-36(33)39(35)31-20-25(3)19-27(24-31)29-21-28(26-14-17-37-18-15-26)22-30(23-29)34-12-8-9-16-38-34/h4-24H,2H2,1,3H3/b10-4-. The Morgan fingerprint density at radius 3 is 2.18 bits per heavy atom. The van der Waals surface area contributed by atoms with Crippen LogP contribution >= 0.6 is 0 Å². The van der Waals surface area contributed by atoms with Crippen molar-refractivity contribution in [3.8, 4) is 39.2 Å². The first-order valence-electron chi connectivity index (χ1n) is 13.1. The number of hydrogen-bond donors (Lipinski definition) is 0. The summed E-state index contributed by atoms with van der Waals surface area (Å²) in [4.78, 5) is 8.86. The van der Waals surface area contributed by atoms with Crippen LogP contribution in [0, 0.1) is 6.92 Å². The first-order chi connectivity index (χ1) is 19.2. The third-order valence-electron chi connectivity index (χ3n) is 7.04. The molecule has 0 N–H and O–H groups in total. The Hall–Kier alpha value is -5.02. The highest BCUT2D eigenvalue weighted by Crippen LogP contribution is 2.36. The molecule has 39 heavy (non-hydrogen) atoms. The normalized spacial score (nSPS) is 11.3. The summed E-state index contributed by atoms with van der Waals surface area (Å²) in [6.07, 6.45) is 11.7. The smallest absolute Gasteiger partial charge is 0.0702 e. The van der Waals surface area contributed by atoms with Gasteiger partial charge in [0.05, 0.1) is 16.9 Å². The van der Waals surface area contributed by atoms with E-state index in [0.717, 1.165) is 56.0 Å². The van der Waals surface area contributed by atoms with Gasteiger partial charge in [0.2, 0.25) is 0 Å². The topological polar surface area (TPSA) is 30.7 Å². The number of pyridine rings is 2. The minimum absolute atomic E-state index is 0.949. The zero-order valence-electron chi connectivity index (χ0n) is 22.2. The molecular formula is C36H29N3. The van der Waals surface area contributed by atoms with Crippen molar-refractivity contribution in [2.24, 2.45) is 0 Å². The molecule has 0 saturated carbocycles. The van der Waals surface area contributed by atoms with Crippen LogP contribution in [-0.4, -0.2) is 14.5 Å². The Morgan fingerprint density at radius 1 is 0.718 bits per heavy atom. The number of aromatic nitrogens is 3. The van der Waals surface area contributed by atoms with Gasteiger partial charge in [-0.05, 0) is 108 Å². The minimum Gasteiger partial charge on any atom is -0.309 e. The summed E-state index contributed by atoms with van der Waals surface area (Å²) >= 11 is 0. The Morgan fingerprint density at radius 2 is 1.44 bits per heavy atom. The van der Waals surface area contributed by atoms with Crippen molar-refractivity contribution in [2.75, 3.05) is 0 Å². The third-order valence-corrected chi connectivity index (χ3v) is 7.04. The molecule has 0 bridgehead atoms. The Bertz CT molecular complexity index is 1770. The van der Waals surface area contributed by atoms with Crippen LogP contribution in [0.5, 0.6) is 0 Å². The molecule has 188 valence electrons. The van der Waals surface area contributed by atoms with E-state index in [9.17, 15) is 0 Å². The van der Waals surface area contributed by atoms with E-state index in [4.69, 9.17) is 0 Å². The van der Waals surface area contributed by atoms with Gasteiger partial charge in [-0.25, -0.2) is 0 Å². The molecule has 3 aromatic carbocycles. The van der Waals surface area contributed by atoms with E-state index in [2.05, 4.69) is 126 Å². The van der Waals surface area contributed by atoms with Crippen LogP contribution in [0.15, 0.2) is 122 Å². The second-order valence-corrected chi connectivity index (χ2v) is 9.66. The maximum Gasteiger partial charge on any atom is 0.0702 e. The molecule has 0 radical (unpaired) electrons. The molecule has 0 atom stereocenters. The zero-order chi connectivity index (χ0) is 26.8. The first-order valence-corrected chi connectivity index (χ1v) is 13.1. The molecule has 0 unspecified atom stereocenters. The van der Waals surface area contributed by atoms with Gasteiger partial charge in [-0.1, -0.05) is 49.1 Å². The largest absolute Gasteiger partial charge is 0.309 e. The fraction of sp³-hybridized carbons (Fsp3) is 0.0556. The number of nitrogens with zero attached hydrogens (tertiary/aromatic N) is 3. The summed E-state index contributed by atoms with van der Waals surface area (Å²) in [6.45, 7) is 8.35. The molecule has 0 aliphatic heterocycles. The molecule has 3 nitrogen and oxygen atoms in total.